The molecule has 0 atom stereocenters. The molecule has 4 N–H and O–H groups in total. The molecule has 0 radical (unpaired) electrons. The summed E-state index contributed by atoms with van der Waals surface area (Å²) in [5, 5.41) is 11.9. The summed E-state index contributed by atoms with van der Waals surface area (Å²) in [4.78, 5) is 12.7. The standard InChI is InChI=1S/C23H23N5O2/c1-3-17-8-10-19(14-25-17)30-21-11-9-18(13-16(21)2)28-23-22(24)20(26-15-27-23)7-5-4-6-12-29/h4,6,8-11,13-15,29H,3,12,24H2,1-2H3,(H,26,27,28)/b6-4+. The van der Waals surface area contributed by atoms with Gasteiger partial charge in [-0.15, -0.1) is 0 Å². The summed E-state index contributed by atoms with van der Waals surface area (Å²) in [7, 11) is 0. The van der Waals surface area contributed by atoms with Crippen LogP contribution >= 0.6 is 0 Å². The van der Waals surface area contributed by atoms with Gasteiger partial charge in [0.1, 0.15) is 29.2 Å². The number of anilines is 3. The molecule has 0 saturated carbocycles. The lowest BCUT2D eigenvalue weighted by Crippen LogP contribution is -2.03. The number of nitrogen functional groups attached to an aromatic ring is 1. The summed E-state index contributed by atoms with van der Waals surface area (Å²) in [5.41, 5.74) is 9.68. The summed E-state index contributed by atoms with van der Waals surface area (Å²) in [6.07, 6.45) is 7.09. The molecule has 7 nitrogen and oxygen atoms in total. The molecule has 0 saturated heterocycles. The van der Waals surface area contributed by atoms with Crippen molar-refractivity contribution in [2.45, 2.75) is 20.3 Å². The molecule has 30 heavy (non-hydrogen) atoms. The molecule has 0 aliphatic rings. The maximum absolute atomic E-state index is 8.75. The maximum atomic E-state index is 8.75. The van der Waals surface area contributed by atoms with Gasteiger partial charge in [0.15, 0.2) is 5.82 Å². The van der Waals surface area contributed by atoms with E-state index in [0.717, 1.165) is 29.1 Å². The largest absolute Gasteiger partial charge is 0.455 e. The van der Waals surface area contributed by atoms with Crippen LogP contribution in [0.2, 0.25) is 0 Å². The Balaban J connectivity index is 1.75. The van der Waals surface area contributed by atoms with Gasteiger partial charge in [0.25, 0.3) is 0 Å². The lowest BCUT2D eigenvalue weighted by atomic mass is 10.2. The molecule has 0 aliphatic heterocycles. The monoisotopic (exact) mass is 401 g/mol. The van der Waals surface area contributed by atoms with Crippen LogP contribution in [-0.4, -0.2) is 26.7 Å². The molecule has 1 aromatic carbocycles. The van der Waals surface area contributed by atoms with E-state index in [4.69, 9.17) is 15.6 Å². The quantitative estimate of drug-likeness (QED) is 0.540. The van der Waals surface area contributed by atoms with Crippen molar-refractivity contribution < 1.29 is 9.84 Å². The summed E-state index contributed by atoms with van der Waals surface area (Å²) in [5.74, 6) is 7.51. The van der Waals surface area contributed by atoms with Gasteiger partial charge in [-0.25, -0.2) is 9.97 Å². The zero-order valence-electron chi connectivity index (χ0n) is 16.9. The Kier molecular flexibility index (Phi) is 6.98. The molecule has 152 valence electrons. The predicted molar refractivity (Wildman–Crippen MR) is 118 cm³/mol. The van der Waals surface area contributed by atoms with Gasteiger partial charge in [0.2, 0.25) is 0 Å². The zero-order valence-corrected chi connectivity index (χ0v) is 16.9. The summed E-state index contributed by atoms with van der Waals surface area (Å²) in [6, 6.07) is 9.58. The van der Waals surface area contributed by atoms with Crippen molar-refractivity contribution in [3.63, 3.8) is 0 Å². The number of nitrogens with two attached hydrogens (primary N) is 1. The molecule has 0 spiro atoms. The van der Waals surface area contributed by atoms with Crippen LogP contribution in [0.3, 0.4) is 0 Å². The van der Waals surface area contributed by atoms with E-state index in [-0.39, 0.29) is 6.61 Å². The van der Waals surface area contributed by atoms with Crippen molar-refractivity contribution in [1.29, 1.82) is 0 Å². The van der Waals surface area contributed by atoms with Crippen LogP contribution in [0, 0.1) is 18.8 Å². The van der Waals surface area contributed by atoms with Crippen molar-refractivity contribution in [1.82, 2.24) is 15.0 Å². The number of nitrogens with zero attached hydrogens (tertiary/aromatic N) is 3. The average molecular weight is 401 g/mol. The van der Waals surface area contributed by atoms with E-state index in [1.807, 2.05) is 37.3 Å². The minimum absolute atomic E-state index is 0.0691. The number of aromatic nitrogens is 3. The Bertz CT molecular complexity index is 1100. The van der Waals surface area contributed by atoms with E-state index in [1.54, 1.807) is 12.3 Å². The minimum atomic E-state index is -0.0691. The first-order chi connectivity index (χ1) is 14.6. The van der Waals surface area contributed by atoms with Crippen LogP contribution in [0.4, 0.5) is 17.2 Å². The molecule has 7 heteroatoms. The third-order valence-electron chi connectivity index (χ3n) is 4.21. The second-order valence-corrected chi connectivity index (χ2v) is 6.38. The second kappa shape index (κ2) is 10.0. The van der Waals surface area contributed by atoms with Gasteiger partial charge in [-0.2, -0.15) is 0 Å². The molecule has 2 aromatic heterocycles. The van der Waals surface area contributed by atoms with E-state index in [0.29, 0.717) is 22.9 Å². The molecule has 0 fully saturated rings. The number of ether oxygens (including phenoxy) is 1. The number of aliphatic hydroxyl groups is 1. The Morgan fingerprint density at radius 1 is 1.20 bits per heavy atom. The van der Waals surface area contributed by atoms with Crippen molar-refractivity contribution in [3.05, 3.63) is 72.0 Å². The van der Waals surface area contributed by atoms with Crippen molar-refractivity contribution in [3.8, 4) is 23.3 Å². The first kappa shape index (κ1) is 20.8. The van der Waals surface area contributed by atoms with Gasteiger partial charge in [-0.3, -0.25) is 4.98 Å². The fourth-order valence-electron chi connectivity index (χ4n) is 2.60. The van der Waals surface area contributed by atoms with Crippen LogP contribution in [0.5, 0.6) is 11.5 Å². The SMILES string of the molecule is CCc1ccc(Oc2ccc(Nc3ncnc(C#C/C=C/CO)c3N)cc2C)cn1. The second-order valence-electron chi connectivity index (χ2n) is 6.38. The van der Waals surface area contributed by atoms with Crippen LogP contribution in [0.15, 0.2) is 55.0 Å². The normalized spacial score (nSPS) is 10.5. The first-order valence-corrected chi connectivity index (χ1v) is 9.49. The molecule has 3 aromatic rings. The average Bonchev–Trinajstić information content (AvgIpc) is 2.76. The lowest BCUT2D eigenvalue weighted by molar-refractivity contribution is 0.343. The minimum Gasteiger partial charge on any atom is -0.455 e. The van der Waals surface area contributed by atoms with E-state index in [2.05, 4.69) is 39.0 Å². The van der Waals surface area contributed by atoms with E-state index in [1.165, 1.54) is 12.4 Å². The van der Waals surface area contributed by atoms with Crippen LogP contribution in [-0.2, 0) is 6.42 Å². The topological polar surface area (TPSA) is 106 Å². The van der Waals surface area contributed by atoms with Crippen LogP contribution < -0.4 is 15.8 Å². The fraction of sp³-hybridized carbons (Fsp3) is 0.174. The molecular formula is C23H23N5O2. The van der Waals surface area contributed by atoms with E-state index < -0.39 is 0 Å². The zero-order chi connectivity index (χ0) is 21.3. The smallest absolute Gasteiger partial charge is 0.158 e. The number of pyridine rings is 1. The summed E-state index contributed by atoms with van der Waals surface area (Å²) >= 11 is 0. The number of nitrogens with one attached hydrogen (secondary N) is 1. The number of hydrogen-bond donors (Lipinski definition) is 3. The maximum Gasteiger partial charge on any atom is 0.158 e. The fourth-order valence-corrected chi connectivity index (χ4v) is 2.60. The number of rotatable bonds is 6. The third kappa shape index (κ3) is 5.34. The van der Waals surface area contributed by atoms with Gasteiger partial charge in [-0.1, -0.05) is 18.9 Å². The molecular weight excluding hydrogens is 378 g/mol. The van der Waals surface area contributed by atoms with Gasteiger partial charge < -0.3 is 20.9 Å². The first-order valence-electron chi connectivity index (χ1n) is 9.49. The molecule has 2 heterocycles. The Labute approximate surface area is 175 Å². The van der Waals surface area contributed by atoms with Crippen LogP contribution in [0.1, 0.15) is 23.9 Å². The lowest BCUT2D eigenvalue weighted by Gasteiger charge is -2.12. The predicted octanol–water partition coefficient (Wildman–Crippen LogP) is 3.76. The number of aliphatic hydroxyl groups excluding tert-OH is 1. The Morgan fingerprint density at radius 3 is 2.77 bits per heavy atom. The Morgan fingerprint density at radius 2 is 2.07 bits per heavy atom. The molecule has 0 amide bonds. The third-order valence-corrected chi connectivity index (χ3v) is 4.21. The van der Waals surface area contributed by atoms with Crippen molar-refractivity contribution >= 4 is 17.2 Å². The highest BCUT2D eigenvalue weighted by Gasteiger charge is 2.09. The molecule has 0 bridgehead atoms. The molecule has 0 unspecified atom stereocenters. The van der Waals surface area contributed by atoms with Crippen molar-refractivity contribution in [2.24, 2.45) is 0 Å². The highest BCUT2D eigenvalue weighted by Crippen LogP contribution is 2.29. The number of hydrogen-bond acceptors (Lipinski definition) is 7. The molecule has 3 rings (SSSR count). The van der Waals surface area contributed by atoms with Crippen molar-refractivity contribution in [2.75, 3.05) is 17.7 Å². The highest BCUT2D eigenvalue weighted by molar-refractivity contribution is 5.73. The van der Waals surface area contributed by atoms with E-state index in [9.17, 15) is 0 Å². The van der Waals surface area contributed by atoms with Gasteiger partial charge in [0.05, 0.1) is 12.8 Å². The Hall–Kier alpha value is -3.89. The number of benzene rings is 1. The van der Waals surface area contributed by atoms with E-state index >= 15 is 0 Å². The number of allylic oxidation sites excluding steroid dienone is 1. The highest BCUT2D eigenvalue weighted by atomic mass is 16.5. The van der Waals surface area contributed by atoms with Gasteiger partial charge >= 0.3 is 0 Å². The molecule has 0 aliphatic carbocycles. The summed E-state index contributed by atoms with van der Waals surface area (Å²) in [6.45, 7) is 3.95. The van der Waals surface area contributed by atoms with Gasteiger partial charge in [-0.05, 0) is 61.2 Å². The number of aryl methyl sites for hydroxylation is 2. The van der Waals surface area contributed by atoms with Gasteiger partial charge in [0, 0.05) is 11.4 Å². The summed E-state index contributed by atoms with van der Waals surface area (Å²) < 4.78 is 5.94. The van der Waals surface area contributed by atoms with Crippen LogP contribution in [0.25, 0.3) is 0 Å².